The van der Waals surface area contributed by atoms with E-state index in [2.05, 4.69) is 5.32 Å². The molecule has 0 aliphatic carbocycles. The predicted molar refractivity (Wildman–Crippen MR) is 82.1 cm³/mol. The zero-order chi connectivity index (χ0) is 15.4. The largest absolute Gasteiger partial charge is 0.478 e. The number of aromatic carboxylic acids is 1. The van der Waals surface area contributed by atoms with Crippen LogP contribution in [0.5, 0.6) is 0 Å². The number of carbonyl (C=O) groups excluding carboxylic acids is 1. The maximum absolute atomic E-state index is 12.2. The van der Waals surface area contributed by atoms with Gasteiger partial charge < -0.3 is 15.3 Å². The van der Waals surface area contributed by atoms with E-state index in [-0.39, 0.29) is 11.5 Å². The number of carbonyl (C=O) groups is 2. The SMILES string of the molecule is CN(C)c1ccccc1NC(=O)c1ccc(C(=O)O)cc1. The van der Waals surface area contributed by atoms with E-state index in [1.165, 1.54) is 24.3 Å². The average molecular weight is 284 g/mol. The summed E-state index contributed by atoms with van der Waals surface area (Å²) in [7, 11) is 3.79. The third-order valence-electron chi connectivity index (χ3n) is 3.03. The first-order valence-electron chi connectivity index (χ1n) is 6.40. The molecule has 0 atom stereocenters. The summed E-state index contributed by atoms with van der Waals surface area (Å²) in [6, 6.07) is 13.3. The van der Waals surface area contributed by atoms with Gasteiger partial charge in [0.15, 0.2) is 0 Å². The standard InChI is InChI=1S/C16H16N2O3/c1-18(2)14-6-4-3-5-13(14)17-15(19)11-7-9-12(10-8-11)16(20)21/h3-10H,1-2H3,(H,17,19)(H,20,21). The summed E-state index contributed by atoms with van der Waals surface area (Å²) in [4.78, 5) is 24.9. The minimum atomic E-state index is -1.01. The normalized spacial score (nSPS) is 10.0. The zero-order valence-corrected chi connectivity index (χ0v) is 11.8. The molecule has 0 heterocycles. The van der Waals surface area contributed by atoms with E-state index in [9.17, 15) is 9.59 Å². The first-order chi connectivity index (χ1) is 9.99. The lowest BCUT2D eigenvalue weighted by atomic mass is 10.1. The molecule has 2 rings (SSSR count). The summed E-state index contributed by atoms with van der Waals surface area (Å²) in [5, 5.41) is 11.7. The van der Waals surface area contributed by atoms with Crippen LogP contribution in [0.2, 0.25) is 0 Å². The van der Waals surface area contributed by atoms with Crippen LogP contribution in [-0.2, 0) is 0 Å². The van der Waals surface area contributed by atoms with Crippen molar-refractivity contribution in [1.82, 2.24) is 0 Å². The van der Waals surface area contributed by atoms with Gasteiger partial charge in [-0.1, -0.05) is 12.1 Å². The predicted octanol–water partition coefficient (Wildman–Crippen LogP) is 2.70. The second-order valence-electron chi connectivity index (χ2n) is 4.75. The maximum Gasteiger partial charge on any atom is 0.335 e. The summed E-state index contributed by atoms with van der Waals surface area (Å²) in [5.41, 5.74) is 2.16. The van der Waals surface area contributed by atoms with E-state index < -0.39 is 5.97 Å². The van der Waals surface area contributed by atoms with E-state index in [0.29, 0.717) is 11.3 Å². The first kappa shape index (κ1) is 14.6. The van der Waals surface area contributed by atoms with Crippen LogP contribution in [0.3, 0.4) is 0 Å². The topological polar surface area (TPSA) is 69.6 Å². The van der Waals surface area contributed by atoms with E-state index in [4.69, 9.17) is 5.11 Å². The number of hydrogen-bond donors (Lipinski definition) is 2. The number of anilines is 2. The molecule has 2 aromatic carbocycles. The van der Waals surface area contributed by atoms with Crippen molar-refractivity contribution in [3.8, 4) is 0 Å². The molecular formula is C16H16N2O3. The molecule has 1 amide bonds. The Kier molecular flexibility index (Phi) is 4.23. The molecule has 2 aromatic rings. The Bertz CT molecular complexity index is 663. The molecule has 0 bridgehead atoms. The van der Waals surface area contributed by atoms with Crippen molar-refractivity contribution >= 4 is 23.3 Å². The highest BCUT2D eigenvalue weighted by atomic mass is 16.4. The van der Waals surface area contributed by atoms with E-state index in [0.717, 1.165) is 5.69 Å². The van der Waals surface area contributed by atoms with Crippen molar-refractivity contribution in [2.24, 2.45) is 0 Å². The molecule has 0 radical (unpaired) electrons. The molecular weight excluding hydrogens is 268 g/mol. The Labute approximate surface area is 122 Å². The van der Waals surface area contributed by atoms with Crippen molar-refractivity contribution in [3.63, 3.8) is 0 Å². The van der Waals surface area contributed by atoms with Gasteiger partial charge in [-0.25, -0.2) is 4.79 Å². The molecule has 5 nitrogen and oxygen atoms in total. The summed E-state index contributed by atoms with van der Waals surface area (Å²) >= 11 is 0. The Morgan fingerprint density at radius 1 is 0.952 bits per heavy atom. The number of nitrogens with zero attached hydrogens (tertiary/aromatic N) is 1. The van der Waals surface area contributed by atoms with Gasteiger partial charge in [0.25, 0.3) is 5.91 Å². The Balaban J connectivity index is 2.20. The van der Waals surface area contributed by atoms with Gasteiger partial charge in [0.1, 0.15) is 0 Å². The Hall–Kier alpha value is -2.82. The second kappa shape index (κ2) is 6.09. The van der Waals surface area contributed by atoms with Gasteiger partial charge in [-0.2, -0.15) is 0 Å². The third-order valence-corrected chi connectivity index (χ3v) is 3.03. The number of benzene rings is 2. The summed E-state index contributed by atoms with van der Waals surface area (Å²) in [6.45, 7) is 0. The molecule has 0 saturated carbocycles. The summed E-state index contributed by atoms with van der Waals surface area (Å²) < 4.78 is 0. The van der Waals surface area contributed by atoms with Crippen LogP contribution in [0.15, 0.2) is 48.5 Å². The minimum absolute atomic E-state index is 0.153. The number of nitrogens with one attached hydrogen (secondary N) is 1. The monoisotopic (exact) mass is 284 g/mol. The number of carboxylic acid groups (broad SMARTS) is 1. The van der Waals surface area contributed by atoms with Crippen LogP contribution in [-0.4, -0.2) is 31.1 Å². The van der Waals surface area contributed by atoms with Crippen LogP contribution in [0.1, 0.15) is 20.7 Å². The lowest BCUT2D eigenvalue weighted by Gasteiger charge is -2.17. The average Bonchev–Trinajstić information content (AvgIpc) is 2.47. The highest BCUT2D eigenvalue weighted by Gasteiger charge is 2.11. The molecule has 21 heavy (non-hydrogen) atoms. The van der Waals surface area contributed by atoms with Crippen molar-refractivity contribution in [2.45, 2.75) is 0 Å². The lowest BCUT2D eigenvalue weighted by Crippen LogP contribution is -2.16. The van der Waals surface area contributed by atoms with Crippen LogP contribution in [0.4, 0.5) is 11.4 Å². The fourth-order valence-corrected chi connectivity index (χ4v) is 1.93. The summed E-state index contributed by atoms with van der Waals surface area (Å²) in [5.74, 6) is -1.29. The molecule has 0 aliphatic rings. The van der Waals surface area contributed by atoms with Crippen molar-refractivity contribution in [1.29, 1.82) is 0 Å². The van der Waals surface area contributed by atoms with Crippen LogP contribution >= 0.6 is 0 Å². The van der Waals surface area contributed by atoms with E-state index in [1.807, 2.05) is 43.3 Å². The number of carboxylic acids is 1. The molecule has 108 valence electrons. The van der Waals surface area contributed by atoms with Gasteiger partial charge in [-0.3, -0.25) is 4.79 Å². The molecule has 0 aliphatic heterocycles. The number of hydrogen-bond acceptors (Lipinski definition) is 3. The quantitative estimate of drug-likeness (QED) is 0.905. The first-order valence-corrected chi connectivity index (χ1v) is 6.40. The molecule has 0 saturated heterocycles. The molecule has 0 spiro atoms. The molecule has 0 aromatic heterocycles. The zero-order valence-electron chi connectivity index (χ0n) is 11.8. The Morgan fingerprint density at radius 2 is 1.52 bits per heavy atom. The second-order valence-corrected chi connectivity index (χ2v) is 4.75. The van der Waals surface area contributed by atoms with Crippen molar-refractivity contribution in [3.05, 3.63) is 59.7 Å². The fourth-order valence-electron chi connectivity index (χ4n) is 1.93. The Morgan fingerprint density at radius 3 is 2.10 bits per heavy atom. The fraction of sp³-hybridized carbons (Fsp3) is 0.125. The van der Waals surface area contributed by atoms with E-state index in [1.54, 1.807) is 0 Å². The van der Waals surface area contributed by atoms with Crippen molar-refractivity contribution in [2.75, 3.05) is 24.3 Å². The number of amides is 1. The minimum Gasteiger partial charge on any atom is -0.478 e. The van der Waals surface area contributed by atoms with Gasteiger partial charge in [-0.15, -0.1) is 0 Å². The van der Waals surface area contributed by atoms with Gasteiger partial charge >= 0.3 is 5.97 Å². The molecule has 2 N–H and O–H groups in total. The van der Waals surface area contributed by atoms with Gasteiger partial charge in [0, 0.05) is 19.7 Å². The molecule has 5 heteroatoms. The summed E-state index contributed by atoms with van der Waals surface area (Å²) in [6.07, 6.45) is 0. The maximum atomic E-state index is 12.2. The van der Waals surface area contributed by atoms with E-state index >= 15 is 0 Å². The van der Waals surface area contributed by atoms with Crippen LogP contribution < -0.4 is 10.2 Å². The molecule has 0 unspecified atom stereocenters. The van der Waals surface area contributed by atoms with Gasteiger partial charge in [0.2, 0.25) is 0 Å². The van der Waals surface area contributed by atoms with Gasteiger partial charge in [-0.05, 0) is 36.4 Å². The highest BCUT2D eigenvalue weighted by molar-refractivity contribution is 6.06. The smallest absolute Gasteiger partial charge is 0.335 e. The highest BCUT2D eigenvalue weighted by Crippen LogP contribution is 2.24. The van der Waals surface area contributed by atoms with Crippen LogP contribution in [0, 0.1) is 0 Å². The van der Waals surface area contributed by atoms with Crippen LogP contribution in [0.25, 0.3) is 0 Å². The molecule has 0 fully saturated rings. The third kappa shape index (κ3) is 3.39. The number of para-hydroxylation sites is 2. The van der Waals surface area contributed by atoms with Crippen molar-refractivity contribution < 1.29 is 14.7 Å². The lowest BCUT2D eigenvalue weighted by molar-refractivity contribution is 0.0696. The van der Waals surface area contributed by atoms with Gasteiger partial charge in [0.05, 0.1) is 16.9 Å². The number of rotatable bonds is 4.